The van der Waals surface area contributed by atoms with Crippen molar-refractivity contribution in [2.75, 3.05) is 0 Å². The van der Waals surface area contributed by atoms with Crippen LogP contribution in [0.1, 0.15) is 12.8 Å². The Kier molecular flexibility index (Phi) is 3.71. The predicted octanol–water partition coefficient (Wildman–Crippen LogP) is 1.49. The molecule has 4 nitrogen and oxygen atoms in total. The Morgan fingerprint density at radius 3 is 1.50 bits per heavy atom. The molecule has 0 atom stereocenters. The first-order valence-electron chi connectivity index (χ1n) is 4.79. The van der Waals surface area contributed by atoms with Gasteiger partial charge < -0.3 is 0 Å². The Hall–Kier alpha value is -1.20. The molecule has 0 unspecified atom stereocenters. The van der Waals surface area contributed by atoms with E-state index in [4.69, 9.17) is 0 Å². The van der Waals surface area contributed by atoms with E-state index in [2.05, 4.69) is 0 Å². The van der Waals surface area contributed by atoms with Crippen LogP contribution in [0.3, 0.4) is 0 Å². The lowest BCUT2D eigenvalue weighted by molar-refractivity contribution is -0.332. The predicted molar refractivity (Wildman–Crippen MR) is 47.9 cm³/mol. The molecule has 0 aromatic heterocycles. The van der Waals surface area contributed by atoms with Gasteiger partial charge in [-0.1, -0.05) is 0 Å². The van der Waals surface area contributed by atoms with Crippen LogP contribution in [0.2, 0.25) is 0 Å². The first kappa shape index (κ1) is 16.9. The van der Waals surface area contributed by atoms with Gasteiger partial charge in [0.15, 0.2) is 16.8 Å². The first-order chi connectivity index (χ1) is 8.68. The third-order valence-electron chi connectivity index (χ3n) is 2.59. The molecule has 0 aromatic carbocycles. The molecule has 1 aliphatic carbocycles. The summed E-state index contributed by atoms with van der Waals surface area (Å²) in [5.74, 6) is -10.2. The lowest BCUT2D eigenvalue weighted by Crippen LogP contribution is -2.59. The van der Waals surface area contributed by atoms with E-state index >= 15 is 0 Å². The van der Waals surface area contributed by atoms with Crippen LogP contribution < -0.4 is 0 Å². The zero-order chi connectivity index (χ0) is 16.1. The van der Waals surface area contributed by atoms with Gasteiger partial charge in [-0.05, 0) is 0 Å². The minimum absolute atomic E-state index is 0.809. The summed E-state index contributed by atoms with van der Waals surface area (Å²) in [5, 5.41) is -9.82. The lowest BCUT2D eigenvalue weighted by atomic mass is 10.3. The Morgan fingerprint density at radius 2 is 1.20 bits per heavy atom. The number of Topliss-reactive ketones (excluding diaryl/α,β-unsaturated/α-hetero) is 2. The Morgan fingerprint density at radius 1 is 0.850 bits per heavy atom. The van der Waals surface area contributed by atoms with Gasteiger partial charge >= 0.3 is 17.4 Å². The quantitative estimate of drug-likeness (QED) is 0.581. The van der Waals surface area contributed by atoms with Crippen molar-refractivity contribution in [3.63, 3.8) is 0 Å². The van der Waals surface area contributed by atoms with Gasteiger partial charge in [0.1, 0.15) is 0 Å². The Bertz CT molecular complexity index is 532. The second-order valence-electron chi connectivity index (χ2n) is 3.95. The van der Waals surface area contributed by atoms with Gasteiger partial charge in [-0.2, -0.15) is 30.7 Å². The zero-order valence-electron chi connectivity index (χ0n) is 9.18. The molecule has 116 valence electrons. The summed E-state index contributed by atoms with van der Waals surface area (Å²) in [4.78, 5) is 22.0. The van der Waals surface area contributed by atoms with Crippen molar-refractivity contribution in [2.45, 2.75) is 35.4 Å². The van der Waals surface area contributed by atoms with Crippen molar-refractivity contribution < 1.29 is 48.7 Å². The second kappa shape index (κ2) is 4.40. The summed E-state index contributed by atoms with van der Waals surface area (Å²) in [6, 6.07) is 0. The molecule has 0 amide bonds. The molecule has 0 aromatic rings. The van der Waals surface area contributed by atoms with Crippen molar-refractivity contribution in [3.05, 3.63) is 0 Å². The fraction of sp³-hybridized carbons (Fsp3) is 0.750. The van der Waals surface area contributed by atoms with Gasteiger partial charge in [-0.25, -0.2) is 8.42 Å². The maximum Gasteiger partial charge on any atom is 0.461 e. The number of halogens is 7. The largest absolute Gasteiger partial charge is 0.461 e. The Balaban J connectivity index is 3.41. The highest BCUT2D eigenvalue weighted by Gasteiger charge is 2.80. The van der Waals surface area contributed by atoms with Crippen LogP contribution in [-0.2, 0) is 19.4 Å². The number of carbonyl (C=O) groups excluding carboxylic acids is 2. The minimum Gasteiger partial charge on any atom is -0.298 e. The molecule has 1 aliphatic rings. The maximum absolute atomic E-state index is 13.1. The molecule has 0 aliphatic heterocycles. The van der Waals surface area contributed by atoms with Gasteiger partial charge in [-0.3, -0.25) is 9.59 Å². The third kappa shape index (κ3) is 2.09. The number of hydrogen-bond acceptors (Lipinski definition) is 4. The SMILES string of the molecule is O=C1CCC(=O)C1S(=O)(=O)C(F)(F)C(F)(F)C(F)(F)F. The van der Waals surface area contributed by atoms with E-state index in [-0.39, 0.29) is 0 Å². The van der Waals surface area contributed by atoms with Gasteiger partial charge in [0, 0.05) is 12.8 Å². The monoisotopic (exact) mass is 330 g/mol. The highest BCUT2D eigenvalue weighted by atomic mass is 32.2. The molecule has 1 fully saturated rings. The van der Waals surface area contributed by atoms with Crippen LogP contribution in [0.5, 0.6) is 0 Å². The highest BCUT2D eigenvalue weighted by molar-refractivity contribution is 7.94. The van der Waals surface area contributed by atoms with Gasteiger partial charge in [-0.15, -0.1) is 0 Å². The van der Waals surface area contributed by atoms with Crippen LogP contribution in [0.25, 0.3) is 0 Å². The molecular formula is C8H5F7O4S. The third-order valence-corrected chi connectivity index (χ3v) is 4.71. The normalized spacial score (nSPS) is 19.8. The van der Waals surface area contributed by atoms with Crippen LogP contribution in [0, 0.1) is 0 Å². The van der Waals surface area contributed by atoms with E-state index < -0.39 is 56.8 Å². The first-order valence-corrected chi connectivity index (χ1v) is 6.34. The smallest absolute Gasteiger partial charge is 0.298 e. The molecular weight excluding hydrogens is 325 g/mol. The van der Waals surface area contributed by atoms with E-state index in [1.165, 1.54) is 0 Å². The van der Waals surface area contributed by atoms with Crippen molar-refractivity contribution in [2.24, 2.45) is 0 Å². The molecule has 0 N–H and O–H groups in total. The summed E-state index contributed by atoms with van der Waals surface area (Å²) < 4.78 is 110. The fourth-order valence-corrected chi connectivity index (χ4v) is 3.22. The van der Waals surface area contributed by atoms with E-state index in [1.807, 2.05) is 0 Å². The number of sulfone groups is 1. The van der Waals surface area contributed by atoms with Crippen LogP contribution >= 0.6 is 0 Å². The molecule has 12 heteroatoms. The van der Waals surface area contributed by atoms with E-state index in [1.54, 1.807) is 0 Å². The van der Waals surface area contributed by atoms with Crippen LogP contribution in [0.4, 0.5) is 30.7 Å². The summed E-state index contributed by atoms with van der Waals surface area (Å²) >= 11 is 0. The average molecular weight is 330 g/mol. The van der Waals surface area contributed by atoms with Crippen molar-refractivity contribution in [1.82, 2.24) is 0 Å². The second-order valence-corrected chi connectivity index (χ2v) is 6.02. The van der Waals surface area contributed by atoms with E-state index in [9.17, 15) is 48.7 Å². The molecule has 0 heterocycles. The van der Waals surface area contributed by atoms with Gasteiger partial charge in [0.05, 0.1) is 0 Å². The van der Waals surface area contributed by atoms with Gasteiger partial charge in [0.25, 0.3) is 0 Å². The molecule has 0 saturated heterocycles. The van der Waals surface area contributed by atoms with Crippen molar-refractivity contribution >= 4 is 21.4 Å². The summed E-state index contributed by atoms with van der Waals surface area (Å²) in [5.41, 5.74) is 0. The number of alkyl halides is 7. The average Bonchev–Trinajstić information content (AvgIpc) is 2.56. The van der Waals surface area contributed by atoms with Crippen LogP contribution in [0.15, 0.2) is 0 Å². The number of hydrogen-bond donors (Lipinski definition) is 0. The number of carbonyl (C=O) groups is 2. The van der Waals surface area contributed by atoms with Crippen LogP contribution in [-0.4, -0.2) is 42.6 Å². The van der Waals surface area contributed by atoms with Crippen molar-refractivity contribution in [3.8, 4) is 0 Å². The van der Waals surface area contributed by atoms with E-state index in [0.717, 1.165) is 0 Å². The van der Waals surface area contributed by atoms with Gasteiger partial charge in [0.2, 0.25) is 9.84 Å². The summed E-state index contributed by atoms with van der Waals surface area (Å²) in [6.45, 7) is 0. The zero-order valence-corrected chi connectivity index (χ0v) is 10.00. The molecule has 1 rings (SSSR count). The van der Waals surface area contributed by atoms with E-state index in [0.29, 0.717) is 0 Å². The van der Waals surface area contributed by atoms with Crippen molar-refractivity contribution in [1.29, 1.82) is 0 Å². The highest BCUT2D eigenvalue weighted by Crippen LogP contribution is 2.50. The number of ketones is 2. The fourth-order valence-electron chi connectivity index (χ4n) is 1.53. The minimum atomic E-state index is -6.93. The lowest BCUT2D eigenvalue weighted by Gasteiger charge is -2.28. The summed E-state index contributed by atoms with van der Waals surface area (Å²) in [6.07, 6.45) is -8.49. The Labute approximate surface area is 106 Å². The summed E-state index contributed by atoms with van der Waals surface area (Å²) in [7, 11) is -6.68. The molecule has 0 bridgehead atoms. The molecule has 0 spiro atoms. The standard InChI is InChI=1S/C8H5F7O4S/c9-6(10,7(11,12)13)8(14,15)20(18,19)5-3(16)1-2-4(5)17/h5H,1-2H2. The molecule has 20 heavy (non-hydrogen) atoms. The molecule has 1 saturated carbocycles. The number of rotatable bonds is 3. The topological polar surface area (TPSA) is 68.3 Å². The molecule has 0 radical (unpaired) electrons. The maximum atomic E-state index is 13.1.